The van der Waals surface area contributed by atoms with Gasteiger partial charge in [-0.3, -0.25) is 0 Å². The van der Waals surface area contributed by atoms with E-state index in [1.165, 1.54) is 38.9 Å². The molecule has 0 saturated carbocycles. The zero-order valence-electron chi connectivity index (χ0n) is 13.2. The number of rotatable bonds is 7. The van der Waals surface area contributed by atoms with Crippen LogP contribution in [0.25, 0.3) is 0 Å². The van der Waals surface area contributed by atoms with Gasteiger partial charge in [0.1, 0.15) is 5.75 Å². The van der Waals surface area contributed by atoms with Crippen LogP contribution in [0.15, 0.2) is 18.2 Å². The smallest absolute Gasteiger partial charge is 0.124 e. The predicted molar refractivity (Wildman–Crippen MR) is 89.2 cm³/mol. The number of nitrogens with zero attached hydrogens (tertiary/aromatic N) is 1. The molecular formula is C17H27ClN2O. The topological polar surface area (TPSA) is 24.5 Å². The van der Waals surface area contributed by atoms with Gasteiger partial charge in [-0.25, -0.2) is 0 Å². The minimum absolute atomic E-state index is 0.650. The maximum absolute atomic E-state index is 6.25. The summed E-state index contributed by atoms with van der Waals surface area (Å²) in [6.45, 7) is 7.79. The molecule has 0 aliphatic carbocycles. The summed E-state index contributed by atoms with van der Waals surface area (Å²) in [5.41, 5.74) is 1.05. The zero-order valence-corrected chi connectivity index (χ0v) is 14.0. The zero-order chi connectivity index (χ0) is 15.1. The Kier molecular flexibility index (Phi) is 6.81. The van der Waals surface area contributed by atoms with Crippen molar-refractivity contribution in [3.63, 3.8) is 0 Å². The van der Waals surface area contributed by atoms with Crippen LogP contribution in [0.4, 0.5) is 0 Å². The lowest BCUT2D eigenvalue weighted by molar-refractivity contribution is 0.199. The molecule has 1 unspecified atom stereocenters. The van der Waals surface area contributed by atoms with E-state index in [1.807, 2.05) is 18.2 Å². The van der Waals surface area contributed by atoms with E-state index in [9.17, 15) is 0 Å². The molecule has 118 valence electrons. The van der Waals surface area contributed by atoms with E-state index < -0.39 is 0 Å². The summed E-state index contributed by atoms with van der Waals surface area (Å²) < 4.78 is 5.37. The number of hydrogen-bond acceptors (Lipinski definition) is 3. The number of piperidine rings is 1. The molecule has 3 nitrogen and oxygen atoms in total. The van der Waals surface area contributed by atoms with Gasteiger partial charge in [-0.2, -0.15) is 0 Å². The second-order valence-electron chi connectivity index (χ2n) is 6.02. The van der Waals surface area contributed by atoms with Crippen molar-refractivity contribution in [2.24, 2.45) is 5.92 Å². The third-order valence-corrected chi connectivity index (χ3v) is 4.46. The molecule has 1 saturated heterocycles. The maximum Gasteiger partial charge on any atom is 0.124 e. The number of ether oxygens (including phenoxy) is 1. The highest BCUT2D eigenvalue weighted by atomic mass is 35.5. The van der Waals surface area contributed by atoms with E-state index in [0.717, 1.165) is 29.4 Å². The molecule has 1 heterocycles. The third-order valence-electron chi connectivity index (χ3n) is 4.11. The van der Waals surface area contributed by atoms with Crippen molar-refractivity contribution >= 4 is 11.6 Å². The van der Waals surface area contributed by atoms with Crippen LogP contribution in [-0.2, 0) is 6.54 Å². The first kappa shape index (κ1) is 16.6. The molecule has 1 atom stereocenters. The fraction of sp³-hybridized carbons (Fsp3) is 0.647. The van der Waals surface area contributed by atoms with Crippen molar-refractivity contribution in [1.82, 2.24) is 10.2 Å². The molecule has 0 amide bonds. The number of methoxy groups -OCH3 is 1. The summed E-state index contributed by atoms with van der Waals surface area (Å²) in [5, 5.41) is 4.28. The van der Waals surface area contributed by atoms with Gasteiger partial charge in [-0.15, -0.1) is 0 Å². The van der Waals surface area contributed by atoms with E-state index in [4.69, 9.17) is 16.3 Å². The fourth-order valence-corrected chi connectivity index (χ4v) is 3.23. The highest BCUT2D eigenvalue weighted by molar-refractivity contribution is 6.31. The van der Waals surface area contributed by atoms with Crippen molar-refractivity contribution in [3.8, 4) is 5.75 Å². The van der Waals surface area contributed by atoms with Crippen LogP contribution < -0.4 is 10.1 Å². The van der Waals surface area contributed by atoms with Crippen LogP contribution >= 0.6 is 11.6 Å². The second kappa shape index (κ2) is 8.62. The van der Waals surface area contributed by atoms with Crippen molar-refractivity contribution in [1.29, 1.82) is 0 Å². The van der Waals surface area contributed by atoms with Crippen LogP contribution in [0.5, 0.6) is 5.75 Å². The third kappa shape index (κ3) is 5.17. The maximum atomic E-state index is 6.25. The quantitative estimate of drug-likeness (QED) is 0.833. The first-order chi connectivity index (χ1) is 10.2. The van der Waals surface area contributed by atoms with Gasteiger partial charge in [0.25, 0.3) is 0 Å². The minimum Gasteiger partial charge on any atom is -0.496 e. The minimum atomic E-state index is 0.650. The largest absolute Gasteiger partial charge is 0.496 e. The Bertz CT molecular complexity index is 433. The Morgan fingerprint density at radius 3 is 2.76 bits per heavy atom. The predicted octanol–water partition coefficient (Wildman–Crippen LogP) is 3.56. The van der Waals surface area contributed by atoms with Gasteiger partial charge in [-0.1, -0.05) is 31.0 Å². The van der Waals surface area contributed by atoms with Crippen LogP contribution in [0.3, 0.4) is 0 Å². The van der Waals surface area contributed by atoms with Crippen molar-refractivity contribution in [3.05, 3.63) is 28.8 Å². The lowest BCUT2D eigenvalue weighted by Gasteiger charge is -2.29. The van der Waals surface area contributed by atoms with Gasteiger partial charge in [-0.05, 0) is 50.5 Å². The summed E-state index contributed by atoms with van der Waals surface area (Å²) in [6, 6.07) is 5.79. The SMILES string of the molecule is COc1cccc(Cl)c1CNCC(C)CN1CCCCC1. The average molecular weight is 311 g/mol. The summed E-state index contributed by atoms with van der Waals surface area (Å²) in [6.07, 6.45) is 4.11. The summed E-state index contributed by atoms with van der Waals surface area (Å²) in [4.78, 5) is 2.59. The first-order valence-corrected chi connectivity index (χ1v) is 8.33. The Labute approximate surface area is 133 Å². The molecule has 4 heteroatoms. The monoisotopic (exact) mass is 310 g/mol. The lowest BCUT2D eigenvalue weighted by atomic mass is 10.1. The van der Waals surface area contributed by atoms with Crippen molar-refractivity contribution < 1.29 is 4.74 Å². The Morgan fingerprint density at radius 1 is 1.29 bits per heavy atom. The molecule has 2 rings (SSSR count). The van der Waals surface area contributed by atoms with Gasteiger partial charge >= 0.3 is 0 Å². The van der Waals surface area contributed by atoms with Crippen LogP contribution in [-0.4, -0.2) is 38.2 Å². The highest BCUT2D eigenvalue weighted by Gasteiger charge is 2.13. The number of nitrogens with one attached hydrogen (secondary N) is 1. The van der Waals surface area contributed by atoms with Gasteiger partial charge < -0.3 is 15.0 Å². The van der Waals surface area contributed by atoms with Crippen molar-refractivity contribution in [2.75, 3.05) is 33.3 Å². The summed E-state index contributed by atoms with van der Waals surface area (Å²) >= 11 is 6.25. The first-order valence-electron chi connectivity index (χ1n) is 7.95. The molecule has 1 aromatic carbocycles. The number of benzene rings is 1. The highest BCUT2D eigenvalue weighted by Crippen LogP contribution is 2.25. The molecule has 1 fully saturated rings. The Hall–Kier alpha value is -0.770. The normalized spacial score (nSPS) is 17.7. The van der Waals surface area contributed by atoms with E-state index in [1.54, 1.807) is 7.11 Å². The number of likely N-dealkylation sites (tertiary alicyclic amines) is 1. The molecule has 1 aliphatic heterocycles. The molecule has 1 N–H and O–H groups in total. The average Bonchev–Trinajstić information content (AvgIpc) is 2.49. The molecular weight excluding hydrogens is 284 g/mol. The van der Waals surface area contributed by atoms with Gasteiger partial charge in [0, 0.05) is 23.7 Å². The summed E-state index contributed by atoms with van der Waals surface area (Å²) in [7, 11) is 1.69. The molecule has 0 spiro atoms. The summed E-state index contributed by atoms with van der Waals surface area (Å²) in [5.74, 6) is 1.51. The molecule has 21 heavy (non-hydrogen) atoms. The van der Waals surface area contributed by atoms with E-state index in [-0.39, 0.29) is 0 Å². The van der Waals surface area contributed by atoms with Gasteiger partial charge in [0.15, 0.2) is 0 Å². The van der Waals surface area contributed by atoms with Crippen LogP contribution in [0, 0.1) is 5.92 Å². The van der Waals surface area contributed by atoms with Crippen molar-refractivity contribution in [2.45, 2.75) is 32.7 Å². The fourth-order valence-electron chi connectivity index (χ4n) is 2.99. The Morgan fingerprint density at radius 2 is 2.05 bits per heavy atom. The Balaban J connectivity index is 1.76. The number of hydrogen-bond donors (Lipinski definition) is 1. The van der Waals surface area contributed by atoms with Crippen LogP contribution in [0.2, 0.25) is 5.02 Å². The van der Waals surface area contributed by atoms with Crippen LogP contribution in [0.1, 0.15) is 31.7 Å². The molecule has 0 aromatic heterocycles. The number of halogens is 1. The second-order valence-corrected chi connectivity index (χ2v) is 6.43. The molecule has 0 bridgehead atoms. The van der Waals surface area contributed by atoms with E-state index >= 15 is 0 Å². The molecule has 1 aromatic rings. The van der Waals surface area contributed by atoms with E-state index in [0.29, 0.717) is 5.92 Å². The van der Waals surface area contributed by atoms with Gasteiger partial charge in [0.2, 0.25) is 0 Å². The van der Waals surface area contributed by atoms with E-state index in [2.05, 4.69) is 17.1 Å². The van der Waals surface area contributed by atoms with Gasteiger partial charge in [0.05, 0.1) is 7.11 Å². The standard InChI is InChI=1S/C17H27ClN2O/c1-14(13-20-9-4-3-5-10-20)11-19-12-15-16(18)7-6-8-17(15)21-2/h6-8,14,19H,3-5,9-13H2,1-2H3. The lowest BCUT2D eigenvalue weighted by Crippen LogP contribution is -2.36. The molecule has 1 aliphatic rings. The molecule has 0 radical (unpaired) electrons.